The molecule has 1 unspecified atom stereocenters. The highest BCUT2D eigenvalue weighted by Gasteiger charge is 2.21. The molecule has 84 valence electrons. The molecule has 1 amide bonds. The molecule has 4 nitrogen and oxygen atoms in total. The first-order chi connectivity index (χ1) is 6.71. The van der Waals surface area contributed by atoms with Crippen LogP contribution in [0, 0.1) is 0 Å². The van der Waals surface area contributed by atoms with E-state index in [-0.39, 0.29) is 12.5 Å². The second-order valence-corrected chi connectivity index (χ2v) is 3.29. The first-order valence-electron chi connectivity index (χ1n) is 5.22. The van der Waals surface area contributed by atoms with Crippen LogP contribution in [-0.2, 0) is 9.53 Å². The maximum absolute atomic E-state index is 11.8. The van der Waals surface area contributed by atoms with Gasteiger partial charge in [-0.3, -0.25) is 4.79 Å². The third-order valence-electron chi connectivity index (χ3n) is 2.07. The molecule has 4 heteroatoms. The van der Waals surface area contributed by atoms with Crippen LogP contribution in [0.15, 0.2) is 0 Å². The Kier molecular flexibility index (Phi) is 7.42. The normalized spacial score (nSPS) is 12.6. The van der Waals surface area contributed by atoms with Crippen LogP contribution in [0.2, 0.25) is 0 Å². The number of rotatable bonds is 7. The Morgan fingerprint density at radius 1 is 1.36 bits per heavy atom. The van der Waals surface area contributed by atoms with Crippen molar-refractivity contribution in [3.8, 4) is 0 Å². The Morgan fingerprint density at radius 3 is 2.14 bits per heavy atom. The third-order valence-corrected chi connectivity index (χ3v) is 2.07. The summed E-state index contributed by atoms with van der Waals surface area (Å²) in [4.78, 5) is 13.6. The zero-order valence-corrected chi connectivity index (χ0v) is 9.45. The first kappa shape index (κ1) is 13.4. The van der Waals surface area contributed by atoms with Crippen LogP contribution in [-0.4, -0.2) is 43.7 Å². The van der Waals surface area contributed by atoms with Crippen molar-refractivity contribution < 1.29 is 9.53 Å². The van der Waals surface area contributed by atoms with Gasteiger partial charge in [-0.1, -0.05) is 13.8 Å². The van der Waals surface area contributed by atoms with Crippen molar-refractivity contribution in [2.45, 2.75) is 32.8 Å². The van der Waals surface area contributed by atoms with E-state index in [9.17, 15) is 4.79 Å². The lowest BCUT2D eigenvalue weighted by Crippen LogP contribution is -2.44. The minimum atomic E-state index is -0.479. The standard InChI is InChI=1S/C10H22N2O2/c1-4-6-12(7-5-2)10(13)9(8-11)14-3/h9H,4-8,11H2,1-3H3. The van der Waals surface area contributed by atoms with Crippen LogP contribution < -0.4 is 5.73 Å². The molecule has 0 aromatic rings. The van der Waals surface area contributed by atoms with E-state index in [1.54, 1.807) is 0 Å². The number of carbonyl (C=O) groups excluding carboxylic acids is 1. The highest BCUT2D eigenvalue weighted by molar-refractivity contribution is 5.81. The number of carbonyl (C=O) groups is 1. The van der Waals surface area contributed by atoms with Crippen LogP contribution in [0.1, 0.15) is 26.7 Å². The summed E-state index contributed by atoms with van der Waals surface area (Å²) in [5.74, 6) is 0.0127. The molecule has 0 saturated carbocycles. The van der Waals surface area contributed by atoms with Gasteiger partial charge in [-0.05, 0) is 12.8 Å². The molecule has 0 rings (SSSR count). The van der Waals surface area contributed by atoms with Crippen LogP contribution >= 0.6 is 0 Å². The van der Waals surface area contributed by atoms with E-state index in [1.165, 1.54) is 7.11 Å². The Morgan fingerprint density at radius 2 is 1.86 bits per heavy atom. The Labute approximate surface area is 86.4 Å². The lowest BCUT2D eigenvalue weighted by molar-refractivity contribution is -0.141. The van der Waals surface area contributed by atoms with Crippen molar-refractivity contribution in [3.63, 3.8) is 0 Å². The van der Waals surface area contributed by atoms with Gasteiger partial charge in [0.2, 0.25) is 0 Å². The third kappa shape index (κ3) is 4.07. The molecule has 0 spiro atoms. The van der Waals surface area contributed by atoms with Gasteiger partial charge in [0.1, 0.15) is 6.10 Å². The smallest absolute Gasteiger partial charge is 0.253 e. The minimum Gasteiger partial charge on any atom is -0.370 e. The summed E-state index contributed by atoms with van der Waals surface area (Å²) in [6, 6.07) is 0. The summed E-state index contributed by atoms with van der Waals surface area (Å²) in [6.45, 7) is 5.93. The van der Waals surface area contributed by atoms with E-state index < -0.39 is 6.10 Å². The first-order valence-corrected chi connectivity index (χ1v) is 5.22. The molecule has 0 bridgehead atoms. The van der Waals surface area contributed by atoms with Crippen LogP contribution in [0.5, 0.6) is 0 Å². The van der Waals surface area contributed by atoms with Gasteiger partial charge < -0.3 is 15.4 Å². The summed E-state index contributed by atoms with van der Waals surface area (Å²) in [7, 11) is 1.52. The van der Waals surface area contributed by atoms with E-state index >= 15 is 0 Å². The largest absolute Gasteiger partial charge is 0.370 e. The molecular weight excluding hydrogens is 180 g/mol. The predicted octanol–water partition coefficient (Wildman–Crippen LogP) is 0.609. The molecule has 0 aliphatic rings. The van der Waals surface area contributed by atoms with Gasteiger partial charge in [-0.15, -0.1) is 0 Å². The number of methoxy groups -OCH3 is 1. The van der Waals surface area contributed by atoms with Crippen LogP contribution in [0.3, 0.4) is 0 Å². The fourth-order valence-corrected chi connectivity index (χ4v) is 1.37. The van der Waals surface area contributed by atoms with Crippen LogP contribution in [0.4, 0.5) is 0 Å². The number of nitrogens with zero attached hydrogens (tertiary/aromatic N) is 1. The van der Waals surface area contributed by atoms with Crippen molar-refractivity contribution in [3.05, 3.63) is 0 Å². The van der Waals surface area contributed by atoms with Gasteiger partial charge in [0.05, 0.1) is 0 Å². The van der Waals surface area contributed by atoms with E-state index in [0.29, 0.717) is 0 Å². The maximum Gasteiger partial charge on any atom is 0.253 e. The summed E-state index contributed by atoms with van der Waals surface area (Å²) in [5.41, 5.74) is 5.44. The molecule has 0 aromatic carbocycles. The molecule has 0 fully saturated rings. The Hall–Kier alpha value is -0.610. The van der Waals surface area contributed by atoms with E-state index in [4.69, 9.17) is 10.5 Å². The average molecular weight is 202 g/mol. The predicted molar refractivity (Wildman–Crippen MR) is 57.0 cm³/mol. The fraction of sp³-hybridized carbons (Fsp3) is 0.900. The van der Waals surface area contributed by atoms with Gasteiger partial charge in [0.25, 0.3) is 5.91 Å². The molecule has 0 aliphatic heterocycles. The summed E-state index contributed by atoms with van der Waals surface area (Å²) < 4.78 is 5.02. The summed E-state index contributed by atoms with van der Waals surface area (Å²) >= 11 is 0. The molecule has 1 atom stereocenters. The van der Waals surface area contributed by atoms with Gasteiger partial charge in [-0.25, -0.2) is 0 Å². The monoisotopic (exact) mass is 202 g/mol. The van der Waals surface area contributed by atoms with Crippen molar-refractivity contribution in [1.82, 2.24) is 4.90 Å². The molecule has 0 aliphatic carbocycles. The number of nitrogens with two attached hydrogens (primary N) is 1. The second-order valence-electron chi connectivity index (χ2n) is 3.29. The molecule has 0 saturated heterocycles. The molecule has 0 aromatic heterocycles. The molecular formula is C10H22N2O2. The van der Waals surface area contributed by atoms with Gasteiger partial charge in [-0.2, -0.15) is 0 Å². The SMILES string of the molecule is CCCN(CCC)C(=O)C(CN)OC. The molecule has 2 N–H and O–H groups in total. The lowest BCUT2D eigenvalue weighted by Gasteiger charge is -2.25. The molecule has 14 heavy (non-hydrogen) atoms. The topological polar surface area (TPSA) is 55.6 Å². The zero-order valence-electron chi connectivity index (χ0n) is 9.45. The highest BCUT2D eigenvalue weighted by atomic mass is 16.5. The number of hydrogen-bond acceptors (Lipinski definition) is 3. The van der Waals surface area contributed by atoms with E-state index in [2.05, 4.69) is 13.8 Å². The van der Waals surface area contributed by atoms with Crippen molar-refractivity contribution >= 4 is 5.91 Å². The van der Waals surface area contributed by atoms with Gasteiger partial charge in [0, 0.05) is 26.7 Å². The maximum atomic E-state index is 11.8. The van der Waals surface area contributed by atoms with Gasteiger partial charge >= 0.3 is 0 Å². The quantitative estimate of drug-likeness (QED) is 0.658. The summed E-state index contributed by atoms with van der Waals surface area (Å²) in [5, 5.41) is 0. The second kappa shape index (κ2) is 7.76. The van der Waals surface area contributed by atoms with E-state index in [1.807, 2.05) is 4.90 Å². The molecule has 0 radical (unpaired) electrons. The summed E-state index contributed by atoms with van der Waals surface area (Å²) in [6.07, 6.45) is 1.45. The van der Waals surface area contributed by atoms with Gasteiger partial charge in [0.15, 0.2) is 0 Å². The number of amides is 1. The fourth-order valence-electron chi connectivity index (χ4n) is 1.37. The van der Waals surface area contributed by atoms with E-state index in [0.717, 1.165) is 25.9 Å². The zero-order chi connectivity index (χ0) is 11.0. The minimum absolute atomic E-state index is 0.0127. The average Bonchev–Trinajstić information content (AvgIpc) is 2.19. The lowest BCUT2D eigenvalue weighted by atomic mass is 10.2. The highest BCUT2D eigenvalue weighted by Crippen LogP contribution is 2.00. The van der Waals surface area contributed by atoms with Crippen molar-refractivity contribution in [2.75, 3.05) is 26.7 Å². The number of hydrogen-bond donors (Lipinski definition) is 1. The Bertz CT molecular complexity index is 152. The van der Waals surface area contributed by atoms with Crippen molar-refractivity contribution in [1.29, 1.82) is 0 Å². The van der Waals surface area contributed by atoms with Crippen LogP contribution in [0.25, 0.3) is 0 Å². The Balaban J connectivity index is 4.24. The molecule has 0 heterocycles. The van der Waals surface area contributed by atoms with Crippen molar-refractivity contribution in [2.24, 2.45) is 5.73 Å². The number of ether oxygens (including phenoxy) is 1.